The van der Waals surface area contributed by atoms with Crippen molar-refractivity contribution in [3.05, 3.63) is 64.9 Å². The maximum absolute atomic E-state index is 4.67. The SMILES string of the molecule is CCNC(=NCc1nncn1-c1ccccc1)NCC(C)c1ccsc1. The number of thiophene rings is 1. The van der Waals surface area contributed by atoms with Gasteiger partial charge in [0.15, 0.2) is 11.8 Å². The molecular formula is C19H24N6S. The fourth-order valence-electron chi connectivity index (χ4n) is 2.59. The Morgan fingerprint density at radius 1 is 1.23 bits per heavy atom. The number of hydrogen-bond donors (Lipinski definition) is 2. The van der Waals surface area contributed by atoms with Crippen LogP contribution in [0.5, 0.6) is 0 Å². The van der Waals surface area contributed by atoms with E-state index in [4.69, 9.17) is 0 Å². The van der Waals surface area contributed by atoms with Crippen molar-refractivity contribution in [2.24, 2.45) is 4.99 Å². The van der Waals surface area contributed by atoms with Gasteiger partial charge in [-0.3, -0.25) is 4.57 Å². The first-order valence-corrected chi connectivity index (χ1v) is 9.70. The lowest BCUT2D eigenvalue weighted by Gasteiger charge is -2.15. The van der Waals surface area contributed by atoms with E-state index in [2.05, 4.69) is 56.5 Å². The predicted octanol–water partition coefficient (Wildman–Crippen LogP) is 3.19. The van der Waals surface area contributed by atoms with Crippen LogP contribution in [-0.4, -0.2) is 33.8 Å². The van der Waals surface area contributed by atoms with Gasteiger partial charge in [-0.15, -0.1) is 10.2 Å². The van der Waals surface area contributed by atoms with Crippen molar-refractivity contribution in [1.82, 2.24) is 25.4 Å². The molecule has 6 nitrogen and oxygen atoms in total. The molecule has 1 atom stereocenters. The van der Waals surface area contributed by atoms with E-state index in [1.54, 1.807) is 17.7 Å². The van der Waals surface area contributed by atoms with Crippen LogP contribution in [0.25, 0.3) is 5.69 Å². The van der Waals surface area contributed by atoms with Gasteiger partial charge in [-0.25, -0.2) is 4.99 Å². The van der Waals surface area contributed by atoms with Crippen LogP contribution in [0.15, 0.2) is 58.5 Å². The third-order valence-electron chi connectivity index (χ3n) is 4.06. The van der Waals surface area contributed by atoms with E-state index >= 15 is 0 Å². The Kier molecular flexibility index (Phi) is 6.38. The molecule has 136 valence electrons. The molecule has 1 aromatic carbocycles. The Morgan fingerprint density at radius 3 is 2.81 bits per heavy atom. The maximum Gasteiger partial charge on any atom is 0.191 e. The molecule has 7 heteroatoms. The number of rotatable bonds is 7. The third-order valence-corrected chi connectivity index (χ3v) is 4.76. The Labute approximate surface area is 158 Å². The number of nitrogens with zero attached hydrogens (tertiary/aromatic N) is 4. The summed E-state index contributed by atoms with van der Waals surface area (Å²) in [4.78, 5) is 4.67. The zero-order valence-electron chi connectivity index (χ0n) is 15.1. The average Bonchev–Trinajstić information content (AvgIpc) is 3.36. The van der Waals surface area contributed by atoms with Crippen molar-refractivity contribution in [2.45, 2.75) is 26.3 Å². The lowest BCUT2D eigenvalue weighted by atomic mass is 10.1. The summed E-state index contributed by atoms with van der Waals surface area (Å²) in [6.45, 7) is 6.37. The van der Waals surface area contributed by atoms with Crippen LogP contribution in [0.4, 0.5) is 0 Å². The molecule has 0 aliphatic heterocycles. The summed E-state index contributed by atoms with van der Waals surface area (Å²) in [7, 11) is 0. The molecule has 3 rings (SSSR count). The molecule has 0 spiro atoms. The van der Waals surface area contributed by atoms with Gasteiger partial charge in [0.25, 0.3) is 0 Å². The van der Waals surface area contributed by atoms with E-state index in [1.165, 1.54) is 5.56 Å². The summed E-state index contributed by atoms with van der Waals surface area (Å²) in [5.41, 5.74) is 2.38. The molecule has 0 bridgehead atoms. The lowest BCUT2D eigenvalue weighted by Crippen LogP contribution is -2.39. The second-order valence-corrected chi connectivity index (χ2v) is 6.77. The van der Waals surface area contributed by atoms with E-state index < -0.39 is 0 Å². The highest BCUT2D eigenvalue weighted by Crippen LogP contribution is 2.17. The fraction of sp³-hybridized carbons (Fsp3) is 0.316. The van der Waals surface area contributed by atoms with E-state index in [-0.39, 0.29) is 0 Å². The molecule has 2 N–H and O–H groups in total. The molecule has 0 saturated carbocycles. The van der Waals surface area contributed by atoms with E-state index in [9.17, 15) is 0 Å². The quantitative estimate of drug-likeness (QED) is 0.496. The molecule has 0 aliphatic rings. The Balaban J connectivity index is 1.65. The van der Waals surface area contributed by atoms with Crippen molar-refractivity contribution in [1.29, 1.82) is 0 Å². The third kappa shape index (κ3) is 4.70. The largest absolute Gasteiger partial charge is 0.357 e. The minimum atomic E-state index is 0.429. The first-order chi connectivity index (χ1) is 12.8. The highest BCUT2D eigenvalue weighted by Gasteiger charge is 2.09. The van der Waals surface area contributed by atoms with Crippen LogP contribution in [0, 0.1) is 0 Å². The van der Waals surface area contributed by atoms with Crippen LogP contribution in [0.1, 0.15) is 31.2 Å². The minimum Gasteiger partial charge on any atom is -0.357 e. The summed E-state index contributed by atoms with van der Waals surface area (Å²) in [6.07, 6.45) is 1.72. The maximum atomic E-state index is 4.67. The van der Waals surface area contributed by atoms with Crippen molar-refractivity contribution < 1.29 is 0 Å². The monoisotopic (exact) mass is 368 g/mol. The molecule has 0 fully saturated rings. The molecule has 1 unspecified atom stereocenters. The number of aliphatic imine (C=N–C) groups is 1. The van der Waals surface area contributed by atoms with Crippen LogP contribution < -0.4 is 10.6 Å². The van der Waals surface area contributed by atoms with Gasteiger partial charge in [-0.2, -0.15) is 11.3 Å². The summed E-state index contributed by atoms with van der Waals surface area (Å²) in [6, 6.07) is 12.2. The van der Waals surface area contributed by atoms with E-state index in [0.717, 1.165) is 30.6 Å². The number of benzene rings is 1. The Hall–Kier alpha value is -2.67. The number of hydrogen-bond acceptors (Lipinski definition) is 4. The minimum absolute atomic E-state index is 0.429. The topological polar surface area (TPSA) is 67.1 Å². The van der Waals surface area contributed by atoms with Gasteiger partial charge in [0.05, 0.1) is 0 Å². The van der Waals surface area contributed by atoms with Gasteiger partial charge < -0.3 is 10.6 Å². The van der Waals surface area contributed by atoms with E-state index in [1.807, 2.05) is 34.9 Å². The molecule has 2 heterocycles. The zero-order chi connectivity index (χ0) is 18.2. The van der Waals surface area contributed by atoms with Crippen molar-refractivity contribution in [2.75, 3.05) is 13.1 Å². The fourth-order valence-corrected chi connectivity index (χ4v) is 3.37. The van der Waals surface area contributed by atoms with Crippen molar-refractivity contribution >= 4 is 17.3 Å². The van der Waals surface area contributed by atoms with Crippen molar-refractivity contribution in [3.63, 3.8) is 0 Å². The van der Waals surface area contributed by atoms with E-state index in [0.29, 0.717) is 12.5 Å². The second-order valence-electron chi connectivity index (χ2n) is 5.99. The highest BCUT2D eigenvalue weighted by atomic mass is 32.1. The van der Waals surface area contributed by atoms with Gasteiger partial charge in [0.2, 0.25) is 0 Å². The summed E-state index contributed by atoms with van der Waals surface area (Å²) >= 11 is 1.73. The first-order valence-electron chi connectivity index (χ1n) is 8.76. The van der Waals surface area contributed by atoms with Gasteiger partial charge in [-0.05, 0) is 47.4 Å². The van der Waals surface area contributed by atoms with Gasteiger partial charge >= 0.3 is 0 Å². The van der Waals surface area contributed by atoms with Crippen LogP contribution in [0.3, 0.4) is 0 Å². The van der Waals surface area contributed by atoms with Crippen molar-refractivity contribution in [3.8, 4) is 5.69 Å². The van der Waals surface area contributed by atoms with Crippen LogP contribution >= 0.6 is 11.3 Å². The predicted molar refractivity (Wildman–Crippen MR) is 107 cm³/mol. The molecule has 0 radical (unpaired) electrons. The number of para-hydroxylation sites is 1. The molecule has 3 aromatic rings. The lowest BCUT2D eigenvalue weighted by molar-refractivity contribution is 0.699. The normalized spacial score (nSPS) is 12.8. The number of nitrogens with one attached hydrogen (secondary N) is 2. The molecule has 0 amide bonds. The smallest absolute Gasteiger partial charge is 0.191 e. The summed E-state index contributed by atoms with van der Waals surface area (Å²) < 4.78 is 1.96. The zero-order valence-corrected chi connectivity index (χ0v) is 15.9. The van der Waals surface area contributed by atoms with Gasteiger partial charge in [0, 0.05) is 18.8 Å². The Bertz CT molecular complexity index is 810. The second kappa shape index (κ2) is 9.15. The van der Waals surface area contributed by atoms with Crippen LogP contribution in [0.2, 0.25) is 0 Å². The Morgan fingerprint density at radius 2 is 2.08 bits per heavy atom. The highest BCUT2D eigenvalue weighted by molar-refractivity contribution is 7.07. The summed E-state index contributed by atoms with van der Waals surface area (Å²) in [5.74, 6) is 2.02. The molecule has 0 saturated heterocycles. The molecule has 0 aliphatic carbocycles. The van der Waals surface area contributed by atoms with Gasteiger partial charge in [-0.1, -0.05) is 25.1 Å². The molecule has 26 heavy (non-hydrogen) atoms. The first kappa shape index (κ1) is 18.1. The van der Waals surface area contributed by atoms with Crippen LogP contribution in [-0.2, 0) is 6.54 Å². The number of aromatic nitrogens is 3. The number of guanidine groups is 1. The molecule has 2 aromatic heterocycles. The summed E-state index contributed by atoms with van der Waals surface area (Å²) in [5, 5.41) is 19.3. The average molecular weight is 369 g/mol. The standard InChI is InChI=1S/C19H24N6S/c1-3-20-19(21-11-15(2)16-9-10-26-13-16)22-12-18-24-23-14-25(18)17-7-5-4-6-8-17/h4-10,13-15H,3,11-12H2,1-2H3,(H2,20,21,22). The molecular weight excluding hydrogens is 344 g/mol. The van der Waals surface area contributed by atoms with Gasteiger partial charge in [0.1, 0.15) is 12.9 Å².